The van der Waals surface area contributed by atoms with Crippen LogP contribution in [0.4, 0.5) is 0 Å². The summed E-state index contributed by atoms with van der Waals surface area (Å²) < 4.78 is 32.0. The van der Waals surface area contributed by atoms with E-state index in [0.29, 0.717) is 22.7 Å². The molecule has 0 atom stereocenters. The second-order valence-corrected chi connectivity index (χ2v) is 7.15. The fourth-order valence-corrected chi connectivity index (χ4v) is 3.58. The molecule has 0 saturated carbocycles. The van der Waals surface area contributed by atoms with E-state index in [2.05, 4.69) is 14.9 Å². The first-order valence-electron chi connectivity index (χ1n) is 7.32. The molecule has 0 amide bonds. The Morgan fingerprint density at radius 3 is 2.42 bits per heavy atom. The predicted molar refractivity (Wildman–Crippen MR) is 92.5 cm³/mol. The molecule has 2 aromatic carbocycles. The topological polar surface area (TPSA) is 81.2 Å². The fourth-order valence-electron chi connectivity index (χ4n) is 2.59. The summed E-state index contributed by atoms with van der Waals surface area (Å²) in [6, 6.07) is 12.8. The highest BCUT2D eigenvalue weighted by molar-refractivity contribution is 7.89. The summed E-state index contributed by atoms with van der Waals surface area (Å²) >= 11 is 0. The van der Waals surface area contributed by atoms with Gasteiger partial charge in [0.05, 0.1) is 12.0 Å². The van der Waals surface area contributed by atoms with Crippen LogP contribution in [0.3, 0.4) is 0 Å². The Morgan fingerprint density at radius 2 is 1.75 bits per heavy atom. The number of methoxy groups -OCH3 is 1. The van der Waals surface area contributed by atoms with E-state index in [1.165, 1.54) is 7.05 Å². The molecular formula is C17H17N3O3S. The van der Waals surface area contributed by atoms with E-state index in [1.54, 1.807) is 26.2 Å². The zero-order valence-electron chi connectivity index (χ0n) is 13.6. The van der Waals surface area contributed by atoms with Crippen LogP contribution in [0.15, 0.2) is 47.4 Å². The van der Waals surface area contributed by atoms with E-state index < -0.39 is 10.0 Å². The molecule has 0 saturated heterocycles. The van der Waals surface area contributed by atoms with Crippen LogP contribution < -0.4 is 9.46 Å². The third kappa shape index (κ3) is 2.72. The number of aryl methyl sites for hydroxylation is 1. The maximum absolute atomic E-state index is 12.2. The van der Waals surface area contributed by atoms with Gasteiger partial charge in [0.2, 0.25) is 15.9 Å². The highest BCUT2D eigenvalue weighted by atomic mass is 32.2. The Labute approximate surface area is 140 Å². The van der Waals surface area contributed by atoms with Crippen LogP contribution in [0.2, 0.25) is 0 Å². The summed E-state index contributed by atoms with van der Waals surface area (Å²) in [5.41, 5.74) is 1.96. The molecule has 1 N–H and O–H groups in total. The molecule has 0 aliphatic rings. The van der Waals surface area contributed by atoms with Gasteiger partial charge in [0.1, 0.15) is 5.69 Å². The van der Waals surface area contributed by atoms with Crippen molar-refractivity contribution in [2.24, 2.45) is 0 Å². The van der Waals surface area contributed by atoms with Gasteiger partial charge in [0.15, 0.2) is 0 Å². The number of benzene rings is 2. The highest BCUT2D eigenvalue weighted by Crippen LogP contribution is 2.32. The molecule has 0 fully saturated rings. The Balaban J connectivity index is 2.28. The van der Waals surface area contributed by atoms with Gasteiger partial charge in [-0.3, -0.25) is 0 Å². The zero-order chi connectivity index (χ0) is 17.3. The molecule has 0 unspecified atom stereocenters. The van der Waals surface area contributed by atoms with E-state index >= 15 is 0 Å². The zero-order valence-corrected chi connectivity index (χ0v) is 14.4. The average Bonchev–Trinajstić information content (AvgIpc) is 2.61. The first-order valence-corrected chi connectivity index (χ1v) is 8.80. The monoisotopic (exact) mass is 343 g/mol. The van der Waals surface area contributed by atoms with Gasteiger partial charge in [-0.2, -0.15) is 0 Å². The van der Waals surface area contributed by atoms with E-state index in [1.807, 2.05) is 30.3 Å². The van der Waals surface area contributed by atoms with Crippen LogP contribution in [0.5, 0.6) is 5.88 Å². The van der Waals surface area contributed by atoms with Crippen molar-refractivity contribution in [2.45, 2.75) is 11.8 Å². The van der Waals surface area contributed by atoms with Crippen molar-refractivity contribution in [3.05, 3.63) is 48.0 Å². The number of nitrogens with zero attached hydrogens (tertiary/aromatic N) is 2. The van der Waals surface area contributed by atoms with E-state index in [-0.39, 0.29) is 4.90 Å². The van der Waals surface area contributed by atoms with Crippen molar-refractivity contribution >= 4 is 20.8 Å². The largest absolute Gasteiger partial charge is 0.479 e. The second-order valence-electron chi connectivity index (χ2n) is 5.29. The van der Waals surface area contributed by atoms with Gasteiger partial charge < -0.3 is 4.74 Å². The number of rotatable bonds is 4. The molecule has 0 aliphatic carbocycles. The lowest BCUT2D eigenvalue weighted by molar-refractivity contribution is 0.398. The van der Waals surface area contributed by atoms with Crippen LogP contribution in [0.1, 0.15) is 5.56 Å². The summed E-state index contributed by atoms with van der Waals surface area (Å²) in [6.07, 6.45) is 0. The van der Waals surface area contributed by atoms with Crippen molar-refractivity contribution in [3.8, 4) is 17.1 Å². The van der Waals surface area contributed by atoms with E-state index in [9.17, 15) is 8.42 Å². The third-order valence-corrected chi connectivity index (χ3v) is 5.42. The average molecular weight is 343 g/mol. The minimum absolute atomic E-state index is 0.226. The summed E-state index contributed by atoms with van der Waals surface area (Å²) in [4.78, 5) is 0.226. The van der Waals surface area contributed by atoms with Crippen LogP contribution in [-0.2, 0) is 10.0 Å². The number of sulfonamides is 1. The van der Waals surface area contributed by atoms with Crippen LogP contribution >= 0.6 is 0 Å². The summed E-state index contributed by atoms with van der Waals surface area (Å²) in [7, 11) is -0.614. The van der Waals surface area contributed by atoms with Gasteiger partial charge in [-0.15, -0.1) is 10.2 Å². The molecule has 124 valence electrons. The molecule has 0 radical (unpaired) electrons. The minimum Gasteiger partial charge on any atom is -0.479 e. The Kier molecular flexibility index (Phi) is 4.21. The van der Waals surface area contributed by atoms with E-state index in [0.717, 1.165) is 10.8 Å². The summed E-state index contributed by atoms with van der Waals surface area (Å²) in [6.45, 7) is 1.76. The first-order chi connectivity index (χ1) is 11.5. The van der Waals surface area contributed by atoms with Crippen LogP contribution in [0, 0.1) is 6.92 Å². The van der Waals surface area contributed by atoms with Crippen LogP contribution in [0.25, 0.3) is 22.0 Å². The minimum atomic E-state index is -3.55. The van der Waals surface area contributed by atoms with Crippen molar-refractivity contribution in [3.63, 3.8) is 0 Å². The van der Waals surface area contributed by atoms with Crippen molar-refractivity contribution in [1.29, 1.82) is 0 Å². The van der Waals surface area contributed by atoms with Gasteiger partial charge in [0.25, 0.3) is 0 Å². The molecule has 3 aromatic rings. The maximum Gasteiger partial charge on any atom is 0.241 e. The van der Waals surface area contributed by atoms with Gasteiger partial charge in [-0.1, -0.05) is 30.3 Å². The number of fused-ring (bicyclic) bond motifs is 1. The molecule has 7 heteroatoms. The molecule has 3 rings (SSSR count). The van der Waals surface area contributed by atoms with Crippen LogP contribution in [-0.4, -0.2) is 32.8 Å². The predicted octanol–water partition coefficient (Wildman–Crippen LogP) is 2.52. The number of hydrogen-bond acceptors (Lipinski definition) is 5. The summed E-state index contributed by atoms with van der Waals surface area (Å²) in [5, 5.41) is 10.0. The van der Waals surface area contributed by atoms with Gasteiger partial charge in [0, 0.05) is 16.3 Å². The molecule has 0 aliphatic heterocycles. The molecule has 24 heavy (non-hydrogen) atoms. The summed E-state index contributed by atoms with van der Waals surface area (Å²) in [5.74, 6) is 0.435. The van der Waals surface area contributed by atoms with Gasteiger partial charge in [-0.05, 0) is 31.7 Å². The standard InChI is InChI=1S/C17H17N3O3S/c1-11-8-9-12(10-15(11)24(21,22)18-2)16-13-6-4-5-7-14(13)17(23-3)20-19-16/h4-10,18H,1-3H3. The SMILES string of the molecule is CNS(=O)(=O)c1cc(-c2nnc(OC)c3ccccc23)ccc1C. The second kappa shape index (κ2) is 6.18. The number of nitrogens with one attached hydrogen (secondary N) is 1. The molecule has 6 nitrogen and oxygen atoms in total. The molecular weight excluding hydrogens is 326 g/mol. The molecule has 0 bridgehead atoms. The van der Waals surface area contributed by atoms with Crippen molar-refractivity contribution in [2.75, 3.05) is 14.2 Å². The number of aromatic nitrogens is 2. The third-order valence-electron chi connectivity index (χ3n) is 3.87. The van der Waals surface area contributed by atoms with E-state index in [4.69, 9.17) is 4.74 Å². The normalized spacial score (nSPS) is 11.6. The Hall–Kier alpha value is -2.51. The fraction of sp³-hybridized carbons (Fsp3) is 0.176. The highest BCUT2D eigenvalue weighted by Gasteiger charge is 2.18. The van der Waals surface area contributed by atoms with Gasteiger partial charge in [-0.25, -0.2) is 13.1 Å². The van der Waals surface area contributed by atoms with Crippen molar-refractivity contribution < 1.29 is 13.2 Å². The lowest BCUT2D eigenvalue weighted by Gasteiger charge is -2.11. The quantitative estimate of drug-likeness (QED) is 0.787. The first kappa shape index (κ1) is 16.4. The molecule has 1 aromatic heterocycles. The van der Waals surface area contributed by atoms with Gasteiger partial charge >= 0.3 is 0 Å². The van der Waals surface area contributed by atoms with Crippen molar-refractivity contribution in [1.82, 2.24) is 14.9 Å². The molecule has 0 spiro atoms. The lowest BCUT2D eigenvalue weighted by Crippen LogP contribution is -2.19. The smallest absolute Gasteiger partial charge is 0.241 e. The Morgan fingerprint density at radius 1 is 1.04 bits per heavy atom. The molecule has 1 heterocycles. The number of ether oxygens (including phenoxy) is 1. The maximum atomic E-state index is 12.2. The lowest BCUT2D eigenvalue weighted by atomic mass is 10.0. The Bertz CT molecular complexity index is 1020. The number of hydrogen-bond donors (Lipinski definition) is 1.